The molecule has 2 amide bonds. The topological polar surface area (TPSA) is 83.1 Å². The molecule has 7 nitrogen and oxygen atoms in total. The lowest BCUT2D eigenvalue weighted by atomic mass is 10.1. The average molecular weight is 369 g/mol. The van der Waals surface area contributed by atoms with Gasteiger partial charge in [-0.15, -0.1) is 0 Å². The molecular weight excluding hydrogens is 346 g/mol. The van der Waals surface area contributed by atoms with Crippen LogP contribution in [-0.4, -0.2) is 37.1 Å². The maximum Gasteiger partial charge on any atom is 0.319 e. The molecule has 0 saturated carbocycles. The predicted molar refractivity (Wildman–Crippen MR) is 102 cm³/mol. The summed E-state index contributed by atoms with van der Waals surface area (Å²) in [5.74, 6) is 1.43. The number of benzene rings is 2. The number of aliphatic hydroxyl groups is 1. The van der Waals surface area contributed by atoms with Crippen LogP contribution in [0.1, 0.15) is 18.4 Å². The average Bonchev–Trinajstić information content (AvgIpc) is 3.15. The summed E-state index contributed by atoms with van der Waals surface area (Å²) in [6.45, 7) is 2.34. The van der Waals surface area contributed by atoms with Crippen molar-refractivity contribution in [3.63, 3.8) is 0 Å². The van der Waals surface area contributed by atoms with Crippen LogP contribution in [0.3, 0.4) is 0 Å². The number of urea groups is 1. The molecule has 0 aliphatic carbocycles. The van der Waals surface area contributed by atoms with E-state index in [4.69, 9.17) is 9.47 Å². The molecule has 4 rings (SSSR count). The molecule has 142 valence electrons. The molecular formula is C20H23N3O4. The van der Waals surface area contributed by atoms with Crippen LogP contribution >= 0.6 is 0 Å². The smallest absolute Gasteiger partial charge is 0.319 e. The molecule has 0 bridgehead atoms. The van der Waals surface area contributed by atoms with Crippen molar-refractivity contribution in [3.8, 4) is 11.5 Å². The zero-order chi connectivity index (χ0) is 18.6. The van der Waals surface area contributed by atoms with Gasteiger partial charge in [0.15, 0.2) is 11.5 Å². The van der Waals surface area contributed by atoms with Crippen molar-refractivity contribution in [2.24, 2.45) is 0 Å². The molecule has 2 heterocycles. The molecule has 27 heavy (non-hydrogen) atoms. The molecule has 2 aliphatic rings. The van der Waals surface area contributed by atoms with Crippen LogP contribution in [-0.2, 0) is 6.54 Å². The number of nitrogens with one attached hydrogen (secondary N) is 2. The van der Waals surface area contributed by atoms with Crippen LogP contribution in [0.5, 0.6) is 11.5 Å². The van der Waals surface area contributed by atoms with Gasteiger partial charge in [-0.2, -0.15) is 0 Å². The number of hydrogen-bond donors (Lipinski definition) is 3. The Bertz CT molecular complexity index is 801. The summed E-state index contributed by atoms with van der Waals surface area (Å²) in [7, 11) is 0. The van der Waals surface area contributed by atoms with E-state index in [1.807, 2.05) is 42.5 Å². The van der Waals surface area contributed by atoms with Gasteiger partial charge in [-0.05, 0) is 54.8 Å². The number of nitrogens with zero attached hydrogens (tertiary/aromatic N) is 1. The van der Waals surface area contributed by atoms with Crippen LogP contribution in [0.4, 0.5) is 16.2 Å². The van der Waals surface area contributed by atoms with Crippen LogP contribution in [0.25, 0.3) is 0 Å². The van der Waals surface area contributed by atoms with Gasteiger partial charge in [0.25, 0.3) is 0 Å². The van der Waals surface area contributed by atoms with Crippen LogP contribution in [0, 0.1) is 0 Å². The fourth-order valence-electron chi connectivity index (χ4n) is 3.29. The Morgan fingerprint density at radius 1 is 1.07 bits per heavy atom. The normalized spacial score (nSPS) is 16.3. The summed E-state index contributed by atoms with van der Waals surface area (Å²) < 4.78 is 10.6. The number of aliphatic hydroxyl groups excluding tert-OH is 1. The minimum Gasteiger partial charge on any atom is -0.454 e. The van der Waals surface area contributed by atoms with E-state index in [2.05, 4.69) is 15.5 Å². The SMILES string of the molecule is O=C(NCc1ccc2c(c1)OCO2)Nc1ccc(N2CCC(O)CC2)cc1. The van der Waals surface area contributed by atoms with Crippen molar-refractivity contribution in [1.29, 1.82) is 0 Å². The van der Waals surface area contributed by atoms with E-state index in [1.54, 1.807) is 0 Å². The fraction of sp³-hybridized carbons (Fsp3) is 0.350. The van der Waals surface area contributed by atoms with Gasteiger partial charge in [-0.3, -0.25) is 0 Å². The summed E-state index contributed by atoms with van der Waals surface area (Å²) in [6, 6.07) is 13.1. The first-order chi connectivity index (χ1) is 13.2. The van der Waals surface area contributed by atoms with Gasteiger partial charge in [0.05, 0.1) is 6.10 Å². The molecule has 2 aliphatic heterocycles. The standard InChI is InChI=1S/C20H23N3O4/c24-17-7-9-23(10-8-17)16-4-2-15(3-5-16)22-20(25)21-12-14-1-6-18-19(11-14)27-13-26-18/h1-6,11,17,24H,7-10,12-13H2,(H2,21,22,25). The summed E-state index contributed by atoms with van der Waals surface area (Å²) in [6.07, 6.45) is 1.40. The van der Waals surface area contributed by atoms with Crippen molar-refractivity contribution in [3.05, 3.63) is 48.0 Å². The second kappa shape index (κ2) is 7.75. The number of fused-ring (bicyclic) bond motifs is 1. The van der Waals surface area contributed by atoms with Gasteiger partial charge in [-0.1, -0.05) is 6.07 Å². The second-order valence-electron chi connectivity index (χ2n) is 6.76. The number of piperidine rings is 1. The third kappa shape index (κ3) is 4.25. The molecule has 0 atom stereocenters. The second-order valence-corrected chi connectivity index (χ2v) is 6.76. The lowest BCUT2D eigenvalue weighted by Gasteiger charge is -2.31. The van der Waals surface area contributed by atoms with Gasteiger partial charge in [0.2, 0.25) is 6.79 Å². The Balaban J connectivity index is 1.28. The number of anilines is 2. The van der Waals surface area contributed by atoms with Crippen molar-refractivity contribution >= 4 is 17.4 Å². The zero-order valence-corrected chi connectivity index (χ0v) is 15.0. The first-order valence-electron chi connectivity index (χ1n) is 9.14. The first-order valence-corrected chi connectivity index (χ1v) is 9.14. The van der Waals surface area contributed by atoms with Gasteiger partial charge >= 0.3 is 6.03 Å². The Kier molecular flexibility index (Phi) is 5.02. The third-order valence-corrected chi connectivity index (χ3v) is 4.84. The third-order valence-electron chi connectivity index (χ3n) is 4.84. The molecule has 0 unspecified atom stereocenters. The highest BCUT2D eigenvalue weighted by Crippen LogP contribution is 2.32. The maximum atomic E-state index is 12.1. The quantitative estimate of drug-likeness (QED) is 0.772. The molecule has 0 spiro atoms. The Hall–Kier alpha value is -2.93. The molecule has 0 aromatic heterocycles. The van der Waals surface area contributed by atoms with E-state index in [0.29, 0.717) is 12.3 Å². The number of rotatable bonds is 4. The first kappa shape index (κ1) is 17.5. The minimum atomic E-state index is -0.262. The lowest BCUT2D eigenvalue weighted by molar-refractivity contribution is 0.145. The van der Waals surface area contributed by atoms with E-state index < -0.39 is 0 Å². The van der Waals surface area contributed by atoms with Gasteiger partial charge in [0.1, 0.15) is 0 Å². The molecule has 1 saturated heterocycles. The summed E-state index contributed by atoms with van der Waals surface area (Å²) in [5, 5.41) is 15.3. The molecule has 1 fully saturated rings. The fourth-order valence-corrected chi connectivity index (χ4v) is 3.29. The molecule has 0 radical (unpaired) electrons. The Morgan fingerprint density at radius 3 is 2.59 bits per heavy atom. The monoisotopic (exact) mass is 369 g/mol. The van der Waals surface area contributed by atoms with Crippen molar-refractivity contribution in [2.75, 3.05) is 30.1 Å². The van der Waals surface area contributed by atoms with Crippen LogP contribution < -0.4 is 25.0 Å². The highest BCUT2D eigenvalue weighted by molar-refractivity contribution is 5.89. The number of hydrogen-bond acceptors (Lipinski definition) is 5. The predicted octanol–water partition coefficient (Wildman–Crippen LogP) is 2.70. The van der Waals surface area contributed by atoms with Gasteiger partial charge in [0, 0.05) is 31.0 Å². The van der Waals surface area contributed by atoms with Crippen molar-refractivity contribution < 1.29 is 19.4 Å². The highest BCUT2D eigenvalue weighted by Gasteiger charge is 2.17. The van der Waals surface area contributed by atoms with E-state index in [-0.39, 0.29) is 18.9 Å². The zero-order valence-electron chi connectivity index (χ0n) is 15.0. The number of amides is 2. The van der Waals surface area contributed by atoms with Gasteiger partial charge in [-0.25, -0.2) is 4.79 Å². The van der Waals surface area contributed by atoms with E-state index >= 15 is 0 Å². The van der Waals surface area contributed by atoms with Crippen molar-refractivity contribution in [2.45, 2.75) is 25.5 Å². The van der Waals surface area contributed by atoms with Crippen LogP contribution in [0.15, 0.2) is 42.5 Å². The summed E-state index contributed by atoms with van der Waals surface area (Å²) in [5.41, 5.74) is 2.78. The highest BCUT2D eigenvalue weighted by atomic mass is 16.7. The molecule has 3 N–H and O–H groups in total. The number of carbonyl (C=O) groups is 1. The molecule has 2 aromatic carbocycles. The van der Waals surface area contributed by atoms with E-state index in [9.17, 15) is 9.90 Å². The summed E-state index contributed by atoms with van der Waals surface area (Å²) >= 11 is 0. The maximum absolute atomic E-state index is 12.1. The van der Waals surface area contributed by atoms with Gasteiger partial charge < -0.3 is 30.1 Å². The Morgan fingerprint density at radius 2 is 1.81 bits per heavy atom. The van der Waals surface area contributed by atoms with Crippen molar-refractivity contribution in [1.82, 2.24) is 5.32 Å². The van der Waals surface area contributed by atoms with Crippen LogP contribution in [0.2, 0.25) is 0 Å². The molecule has 7 heteroatoms. The van der Waals surface area contributed by atoms with E-state index in [0.717, 1.165) is 48.6 Å². The Labute approximate surface area is 157 Å². The minimum absolute atomic E-state index is 0.185. The number of carbonyl (C=O) groups excluding carboxylic acids is 1. The largest absolute Gasteiger partial charge is 0.454 e. The number of ether oxygens (including phenoxy) is 2. The lowest BCUT2D eigenvalue weighted by Crippen LogP contribution is -2.35. The summed E-state index contributed by atoms with van der Waals surface area (Å²) in [4.78, 5) is 14.4. The molecule has 2 aromatic rings. The van der Waals surface area contributed by atoms with E-state index in [1.165, 1.54) is 0 Å².